The van der Waals surface area contributed by atoms with Gasteiger partial charge in [0.05, 0.1) is 12.7 Å². The molecule has 2 saturated heterocycles. The van der Waals surface area contributed by atoms with Crippen LogP contribution in [0.2, 0.25) is 0 Å². The van der Waals surface area contributed by atoms with E-state index in [0.717, 1.165) is 93.8 Å². The van der Waals surface area contributed by atoms with Crippen LogP contribution in [-0.4, -0.2) is 79.5 Å². The molecular formula is C32H42N4O4. The van der Waals surface area contributed by atoms with Gasteiger partial charge < -0.3 is 24.7 Å². The molecule has 8 heteroatoms. The van der Waals surface area contributed by atoms with E-state index in [1.54, 1.807) is 0 Å². The van der Waals surface area contributed by atoms with E-state index < -0.39 is 5.54 Å². The number of likely N-dealkylation sites (tertiary alicyclic amines) is 1. The van der Waals surface area contributed by atoms with Gasteiger partial charge in [0.2, 0.25) is 5.91 Å². The molecule has 2 fully saturated rings. The summed E-state index contributed by atoms with van der Waals surface area (Å²) < 4.78 is 0. The minimum Gasteiger partial charge on any atom is -0.339 e. The van der Waals surface area contributed by atoms with E-state index in [-0.39, 0.29) is 11.9 Å². The van der Waals surface area contributed by atoms with Crippen molar-refractivity contribution in [3.63, 3.8) is 0 Å². The van der Waals surface area contributed by atoms with Crippen LogP contribution in [-0.2, 0) is 27.3 Å². The number of hydrogen-bond acceptors (Lipinski definition) is 7. The third-order valence-corrected chi connectivity index (χ3v) is 8.66. The monoisotopic (exact) mass is 546 g/mol. The smallest absolute Gasteiger partial charge is 0.247 e. The lowest BCUT2D eigenvalue weighted by molar-refractivity contribution is -0.125. The van der Waals surface area contributed by atoms with Crippen LogP contribution in [0.15, 0.2) is 48.5 Å². The number of nitrogens with one attached hydrogen (secondary N) is 1. The summed E-state index contributed by atoms with van der Waals surface area (Å²) in [5.41, 5.74) is 3.43. The van der Waals surface area contributed by atoms with Gasteiger partial charge in [0, 0.05) is 37.3 Å². The highest BCUT2D eigenvalue weighted by Crippen LogP contribution is 2.36. The molecule has 0 bridgehead atoms. The summed E-state index contributed by atoms with van der Waals surface area (Å²) in [4.78, 5) is 53.7. The average molecular weight is 547 g/mol. The van der Waals surface area contributed by atoms with Gasteiger partial charge in [-0.2, -0.15) is 0 Å². The molecule has 0 radical (unpaired) electrons. The highest BCUT2D eigenvalue weighted by atomic mass is 16.2. The molecule has 0 saturated carbocycles. The van der Waals surface area contributed by atoms with Crippen LogP contribution >= 0.6 is 0 Å². The van der Waals surface area contributed by atoms with Crippen molar-refractivity contribution in [1.29, 1.82) is 0 Å². The number of amides is 1. The molecule has 1 atom stereocenters. The third kappa shape index (κ3) is 6.85. The second kappa shape index (κ2) is 14.3. The van der Waals surface area contributed by atoms with Gasteiger partial charge in [0.25, 0.3) is 0 Å². The van der Waals surface area contributed by atoms with E-state index in [9.17, 15) is 19.2 Å². The summed E-state index contributed by atoms with van der Waals surface area (Å²) in [6.45, 7) is 3.91. The van der Waals surface area contributed by atoms with Crippen LogP contribution in [0.1, 0.15) is 66.4 Å². The molecule has 0 aliphatic carbocycles. The van der Waals surface area contributed by atoms with E-state index in [2.05, 4.69) is 33.3 Å². The number of likely N-dealkylation sites (N-methyl/N-ethyl adjacent to an activating group) is 1. The number of nitrogens with zero attached hydrogens (tertiary/aromatic N) is 3. The maximum atomic E-state index is 12.9. The summed E-state index contributed by atoms with van der Waals surface area (Å²) in [6.07, 6.45) is 9.15. The van der Waals surface area contributed by atoms with Crippen molar-refractivity contribution in [1.82, 2.24) is 15.1 Å². The fourth-order valence-corrected chi connectivity index (χ4v) is 6.20. The molecule has 40 heavy (non-hydrogen) atoms. The Morgan fingerprint density at radius 2 is 1.77 bits per heavy atom. The minimum absolute atomic E-state index is 0.151. The van der Waals surface area contributed by atoms with Crippen molar-refractivity contribution >= 4 is 30.5 Å². The van der Waals surface area contributed by atoms with Crippen LogP contribution in [0, 0.1) is 0 Å². The Labute approximate surface area is 237 Å². The fourth-order valence-electron chi connectivity index (χ4n) is 6.20. The zero-order valence-corrected chi connectivity index (χ0v) is 23.6. The first-order valence-electron chi connectivity index (χ1n) is 14.5. The van der Waals surface area contributed by atoms with Gasteiger partial charge in [-0.05, 0) is 75.4 Å². The molecule has 2 aromatic carbocycles. The van der Waals surface area contributed by atoms with E-state index >= 15 is 0 Å². The van der Waals surface area contributed by atoms with Gasteiger partial charge in [0.15, 0.2) is 0 Å². The van der Waals surface area contributed by atoms with E-state index in [0.29, 0.717) is 31.6 Å². The number of carbonyl (C=O) groups is 4. The molecule has 1 unspecified atom stereocenters. The molecule has 2 heterocycles. The first-order chi connectivity index (χ1) is 19.5. The highest BCUT2D eigenvalue weighted by molar-refractivity contribution is 5.93. The zero-order chi connectivity index (χ0) is 28.4. The van der Waals surface area contributed by atoms with Gasteiger partial charge in [0.1, 0.15) is 24.4 Å². The Bertz CT molecular complexity index is 1150. The van der Waals surface area contributed by atoms with Crippen LogP contribution in [0.5, 0.6) is 0 Å². The molecule has 2 aromatic rings. The lowest BCUT2D eigenvalue weighted by Crippen LogP contribution is -2.56. The number of aryl methyl sites for hydroxylation is 1. The number of para-hydroxylation sites is 1. The number of carbonyl (C=O) groups excluding carboxylic acids is 4. The number of hydrogen-bond donors (Lipinski definition) is 1. The second-order valence-corrected chi connectivity index (χ2v) is 11.1. The summed E-state index contributed by atoms with van der Waals surface area (Å²) in [5, 5.41) is 3.07. The number of anilines is 1. The van der Waals surface area contributed by atoms with Gasteiger partial charge in [-0.15, -0.1) is 0 Å². The number of aldehydes is 3. The first-order valence-corrected chi connectivity index (χ1v) is 14.5. The topological polar surface area (TPSA) is 90.0 Å². The standard InChI is InChI=1S/C32H42N4O4/c1-34(29(24-39)15-9-21-37)22-30-26(11-8-12-27(30)23-38)10-4-3-7-18-35-19-16-32(17-20-35)31(40)33-25-36(32)28-13-5-2-6-14-28/h2,5-6,8,11-14,21,23-24,29H,3-4,7,9-10,15-20,22,25H2,1H3,(H,33,40). The molecule has 1 spiro atoms. The molecule has 214 valence electrons. The largest absolute Gasteiger partial charge is 0.339 e. The van der Waals surface area contributed by atoms with Gasteiger partial charge in [-0.1, -0.05) is 42.8 Å². The summed E-state index contributed by atoms with van der Waals surface area (Å²) in [5.74, 6) is 0.151. The van der Waals surface area contributed by atoms with E-state index in [1.165, 1.54) is 0 Å². The predicted octanol–water partition coefficient (Wildman–Crippen LogP) is 3.62. The third-order valence-electron chi connectivity index (χ3n) is 8.66. The van der Waals surface area contributed by atoms with E-state index in [1.807, 2.05) is 42.3 Å². The number of piperidine rings is 1. The SMILES string of the molecule is CN(Cc1c(C=O)cccc1CCCCCN1CCC2(CC1)C(=O)NCN2c1ccccc1)C(C=O)CCC=O. The molecule has 1 N–H and O–H groups in total. The molecule has 1 amide bonds. The van der Waals surface area contributed by atoms with Crippen LogP contribution in [0.25, 0.3) is 0 Å². The van der Waals surface area contributed by atoms with Gasteiger partial charge >= 0.3 is 0 Å². The van der Waals surface area contributed by atoms with Crippen molar-refractivity contribution in [2.75, 3.05) is 38.3 Å². The maximum absolute atomic E-state index is 12.9. The Balaban J connectivity index is 1.25. The highest BCUT2D eigenvalue weighted by Gasteiger charge is 2.50. The van der Waals surface area contributed by atoms with E-state index in [4.69, 9.17) is 0 Å². The summed E-state index contributed by atoms with van der Waals surface area (Å²) in [7, 11) is 1.87. The first kappa shape index (κ1) is 29.6. The lowest BCUT2D eigenvalue weighted by Gasteiger charge is -2.43. The molecule has 8 nitrogen and oxygen atoms in total. The predicted molar refractivity (Wildman–Crippen MR) is 156 cm³/mol. The molecule has 4 rings (SSSR count). The Morgan fingerprint density at radius 1 is 1.00 bits per heavy atom. The van der Waals surface area contributed by atoms with Crippen molar-refractivity contribution in [2.45, 2.75) is 69.5 Å². The van der Waals surface area contributed by atoms with Crippen LogP contribution in [0.3, 0.4) is 0 Å². The second-order valence-electron chi connectivity index (χ2n) is 11.1. The van der Waals surface area contributed by atoms with Gasteiger partial charge in [-0.3, -0.25) is 14.5 Å². The lowest BCUT2D eigenvalue weighted by atomic mass is 9.85. The minimum atomic E-state index is -0.443. The van der Waals surface area contributed by atoms with Crippen molar-refractivity contribution in [3.05, 3.63) is 65.2 Å². The maximum Gasteiger partial charge on any atom is 0.247 e. The number of benzene rings is 2. The quantitative estimate of drug-likeness (QED) is 0.270. The van der Waals surface area contributed by atoms with Crippen molar-refractivity contribution in [2.24, 2.45) is 0 Å². The summed E-state index contributed by atoms with van der Waals surface area (Å²) in [6, 6.07) is 15.7. The van der Waals surface area contributed by atoms with Gasteiger partial charge in [-0.25, -0.2) is 0 Å². The molecule has 2 aliphatic rings. The number of rotatable bonds is 15. The Morgan fingerprint density at radius 3 is 2.48 bits per heavy atom. The average Bonchev–Trinajstić information content (AvgIpc) is 3.30. The fraction of sp³-hybridized carbons (Fsp3) is 0.500. The van der Waals surface area contributed by atoms with Crippen LogP contribution in [0.4, 0.5) is 5.69 Å². The molecule has 2 aliphatic heterocycles. The van der Waals surface area contributed by atoms with Crippen LogP contribution < -0.4 is 10.2 Å². The molecular weight excluding hydrogens is 504 g/mol. The summed E-state index contributed by atoms with van der Waals surface area (Å²) >= 11 is 0. The Hall–Kier alpha value is -3.36. The molecule has 0 aromatic heterocycles. The van der Waals surface area contributed by atoms with Crippen molar-refractivity contribution in [3.8, 4) is 0 Å². The Kier molecular flexibility index (Phi) is 10.6. The zero-order valence-electron chi connectivity index (χ0n) is 23.6. The number of unbranched alkanes of at least 4 members (excludes halogenated alkanes) is 2. The normalized spacial score (nSPS) is 17.6. The van der Waals surface area contributed by atoms with Crippen molar-refractivity contribution < 1.29 is 19.2 Å².